The summed E-state index contributed by atoms with van der Waals surface area (Å²) in [5, 5.41) is 10.6. The van der Waals surface area contributed by atoms with E-state index in [9.17, 15) is 32.3 Å². The van der Waals surface area contributed by atoms with Gasteiger partial charge in [-0.15, -0.1) is 0 Å². The molecule has 1 unspecified atom stereocenters. The second-order valence-corrected chi connectivity index (χ2v) is 15.8. The number of imide groups is 1. The molecule has 5 heterocycles. The van der Waals surface area contributed by atoms with Crippen LogP contribution in [-0.4, -0.2) is 86.4 Å². The molecule has 0 bridgehead atoms. The van der Waals surface area contributed by atoms with Crippen molar-refractivity contribution in [1.29, 1.82) is 0 Å². The summed E-state index contributed by atoms with van der Waals surface area (Å²) >= 11 is 0. The van der Waals surface area contributed by atoms with Gasteiger partial charge in [0, 0.05) is 62.5 Å². The summed E-state index contributed by atoms with van der Waals surface area (Å²) in [6.07, 6.45) is 3.90. The lowest BCUT2D eigenvalue weighted by molar-refractivity contribution is -0.141. The van der Waals surface area contributed by atoms with Gasteiger partial charge in [0.05, 0.1) is 35.4 Å². The molecule has 3 aromatic heterocycles. The molecule has 3 amide bonds. The van der Waals surface area contributed by atoms with Crippen molar-refractivity contribution >= 4 is 51.0 Å². The number of carbonyl (C=O) groups excluding carboxylic acids is 3. The van der Waals surface area contributed by atoms with Crippen LogP contribution in [0.5, 0.6) is 5.75 Å². The minimum Gasteiger partial charge on any atom is -0.494 e. The summed E-state index contributed by atoms with van der Waals surface area (Å²) in [6.45, 7) is 2.79. The van der Waals surface area contributed by atoms with Crippen LogP contribution in [0.2, 0.25) is 0 Å². The highest BCUT2D eigenvalue weighted by Gasteiger charge is 2.34. The van der Waals surface area contributed by atoms with Crippen molar-refractivity contribution in [2.45, 2.75) is 75.7 Å². The van der Waals surface area contributed by atoms with Gasteiger partial charge in [0.1, 0.15) is 23.2 Å². The molecule has 2 N–H and O–H groups in total. The fourth-order valence-electron chi connectivity index (χ4n) is 8.92. The van der Waals surface area contributed by atoms with Crippen molar-refractivity contribution in [1.82, 2.24) is 34.1 Å². The molecule has 2 aliphatic heterocycles. The molecule has 0 spiro atoms. The summed E-state index contributed by atoms with van der Waals surface area (Å²) in [5.41, 5.74) is 1.72. The topological polar surface area (TPSA) is 149 Å². The van der Waals surface area contributed by atoms with Crippen LogP contribution in [0.3, 0.4) is 0 Å². The lowest BCUT2D eigenvalue weighted by Crippen LogP contribution is -2.45. The van der Waals surface area contributed by atoms with Crippen molar-refractivity contribution in [3.63, 3.8) is 0 Å². The number of pyridine rings is 1. The van der Waals surface area contributed by atoms with E-state index < -0.39 is 29.7 Å². The van der Waals surface area contributed by atoms with E-state index >= 15 is 0 Å². The highest BCUT2D eigenvalue weighted by atomic mass is 19.4. The van der Waals surface area contributed by atoms with E-state index in [1.54, 1.807) is 23.7 Å². The van der Waals surface area contributed by atoms with Gasteiger partial charge in [-0.2, -0.15) is 18.3 Å². The zero-order chi connectivity index (χ0) is 40.9. The normalized spacial score (nSPS) is 20.9. The van der Waals surface area contributed by atoms with Gasteiger partial charge >= 0.3 is 11.9 Å². The number of halogens is 3. The van der Waals surface area contributed by atoms with Crippen molar-refractivity contribution in [2.75, 3.05) is 44.0 Å². The highest BCUT2D eigenvalue weighted by molar-refractivity contribution is 6.05. The number of fused-ring (bicyclic) bond motifs is 2. The molecule has 3 fully saturated rings. The molecule has 1 aliphatic carbocycles. The number of hydrogen-bond acceptors (Lipinski definition) is 9. The second kappa shape index (κ2) is 15.6. The first kappa shape index (κ1) is 39.1. The number of rotatable bonds is 9. The summed E-state index contributed by atoms with van der Waals surface area (Å²) in [4.78, 5) is 58.8. The molecule has 0 radical (unpaired) electrons. The number of anilines is 2. The van der Waals surface area contributed by atoms with Gasteiger partial charge in [0.2, 0.25) is 11.8 Å². The maximum absolute atomic E-state index is 13.2. The molecule has 14 nitrogen and oxygen atoms in total. The van der Waals surface area contributed by atoms with Crippen molar-refractivity contribution in [2.24, 2.45) is 13.0 Å². The Morgan fingerprint density at radius 3 is 2.45 bits per heavy atom. The predicted molar refractivity (Wildman–Crippen MR) is 211 cm³/mol. The Kier molecular flexibility index (Phi) is 10.5. The number of nitrogens with zero attached hydrogens (tertiary/aromatic N) is 7. The molecule has 306 valence electrons. The Morgan fingerprint density at radius 2 is 1.74 bits per heavy atom. The van der Waals surface area contributed by atoms with Gasteiger partial charge in [-0.05, 0) is 94.3 Å². The molecule has 58 heavy (non-hydrogen) atoms. The Morgan fingerprint density at radius 1 is 0.983 bits per heavy atom. The number of methoxy groups -OCH3 is 1. The smallest absolute Gasteiger partial charge is 0.433 e. The van der Waals surface area contributed by atoms with Crippen molar-refractivity contribution in [3.8, 4) is 5.75 Å². The molecule has 3 aliphatic rings. The van der Waals surface area contributed by atoms with Crippen LogP contribution in [-0.2, 0) is 22.8 Å². The monoisotopic (exact) mass is 801 g/mol. The van der Waals surface area contributed by atoms with Crippen LogP contribution in [0.1, 0.15) is 79.6 Å². The molecule has 17 heteroatoms. The number of nitrogens with one attached hydrogen (secondary N) is 2. The molecule has 1 atom stereocenters. The zero-order valence-corrected chi connectivity index (χ0v) is 32.6. The average Bonchev–Trinajstić information content (AvgIpc) is 3.74. The zero-order valence-electron chi connectivity index (χ0n) is 32.6. The van der Waals surface area contributed by atoms with E-state index in [4.69, 9.17) is 9.84 Å². The van der Waals surface area contributed by atoms with Crippen molar-refractivity contribution < 1.29 is 32.3 Å². The van der Waals surface area contributed by atoms with Crippen LogP contribution in [0.4, 0.5) is 24.5 Å². The highest BCUT2D eigenvalue weighted by Crippen LogP contribution is 2.37. The number of hydrogen-bond donors (Lipinski definition) is 2. The SMILES string of the molecule is COc1cc2nn([C@H]3CC[C@H](CN(C)C4CCN(c5ccc6c(c5)n(C)c(=O)n6C5CCC(=O)NC5=O)CC4)CC3)cc2cc1NC(=O)c1cccc(C(F)(F)F)n1. The van der Waals surface area contributed by atoms with Gasteiger partial charge in [-0.1, -0.05) is 6.07 Å². The molecule has 2 aromatic carbocycles. The molecule has 2 saturated heterocycles. The Balaban J connectivity index is 0.848. The lowest BCUT2D eigenvalue weighted by Gasteiger charge is -2.40. The second-order valence-electron chi connectivity index (χ2n) is 15.8. The maximum atomic E-state index is 13.2. The number of imidazole rings is 1. The predicted octanol–water partition coefficient (Wildman–Crippen LogP) is 5.67. The minimum atomic E-state index is -4.67. The van der Waals surface area contributed by atoms with Gasteiger partial charge < -0.3 is 19.9 Å². The number of aromatic nitrogens is 5. The average molecular weight is 802 g/mol. The Bertz CT molecular complexity index is 2440. The third-order valence-electron chi connectivity index (χ3n) is 12.1. The van der Waals surface area contributed by atoms with Gasteiger partial charge in [-0.25, -0.2) is 9.78 Å². The largest absolute Gasteiger partial charge is 0.494 e. The van der Waals surface area contributed by atoms with Crippen LogP contribution in [0.15, 0.2) is 59.5 Å². The Labute approximate surface area is 331 Å². The summed E-state index contributed by atoms with van der Waals surface area (Å²) < 4.78 is 50.1. The number of piperidine rings is 2. The molecule has 8 rings (SSSR count). The molecule has 5 aromatic rings. The van der Waals surface area contributed by atoms with E-state index in [1.165, 1.54) is 17.7 Å². The molecular weight excluding hydrogens is 756 g/mol. The van der Waals surface area contributed by atoms with E-state index in [1.807, 2.05) is 29.1 Å². The third kappa shape index (κ3) is 7.66. The summed E-state index contributed by atoms with van der Waals surface area (Å²) in [7, 11) is 5.39. The number of amides is 3. The first-order valence-electron chi connectivity index (χ1n) is 19.7. The van der Waals surface area contributed by atoms with E-state index in [0.717, 1.165) is 86.9 Å². The lowest BCUT2D eigenvalue weighted by atomic mass is 9.85. The van der Waals surface area contributed by atoms with E-state index in [2.05, 4.69) is 32.5 Å². The van der Waals surface area contributed by atoms with Crippen LogP contribution >= 0.6 is 0 Å². The number of aryl methyl sites for hydroxylation is 1. The number of ether oxygens (including phenoxy) is 1. The van der Waals surface area contributed by atoms with Crippen LogP contribution < -0.4 is 26.0 Å². The number of alkyl halides is 3. The first-order valence-corrected chi connectivity index (χ1v) is 19.7. The van der Waals surface area contributed by atoms with Gasteiger partial charge in [0.15, 0.2) is 0 Å². The van der Waals surface area contributed by atoms with E-state index in [0.29, 0.717) is 40.9 Å². The fraction of sp³-hybridized carbons (Fsp3) is 0.463. The van der Waals surface area contributed by atoms with Crippen LogP contribution in [0.25, 0.3) is 21.9 Å². The minimum absolute atomic E-state index is 0.202. The summed E-state index contributed by atoms with van der Waals surface area (Å²) in [6, 6.07) is 12.6. The molecule has 1 saturated carbocycles. The number of carbonyl (C=O) groups is 3. The molecular formula is C41H46F3N9O5. The number of benzene rings is 2. The third-order valence-corrected chi connectivity index (χ3v) is 12.1. The fourth-order valence-corrected chi connectivity index (χ4v) is 8.92. The van der Waals surface area contributed by atoms with Crippen molar-refractivity contribution in [3.05, 3.63) is 76.6 Å². The van der Waals surface area contributed by atoms with Gasteiger partial charge in [0.25, 0.3) is 5.91 Å². The Hall–Kier alpha value is -5.71. The van der Waals surface area contributed by atoms with Crippen LogP contribution in [0, 0.1) is 5.92 Å². The van der Waals surface area contributed by atoms with Gasteiger partial charge in [-0.3, -0.25) is 33.5 Å². The maximum Gasteiger partial charge on any atom is 0.433 e. The first-order chi connectivity index (χ1) is 27.8. The quantitative estimate of drug-likeness (QED) is 0.180. The standard InChI is InChI=1S/C41H46F3N9O5/c1-49(26-15-17-51(18-16-26)28-11-12-32-34(20-28)50(2)40(57)53(32)33-13-14-37(54)47-39(33)56)22-24-7-9-27(10-8-24)52-23-25-19-31(35(58-3)21-30(25)48-52)46-38(55)29-5-4-6-36(45-29)41(42,43)44/h4-6,11-12,19-21,23-24,26-27,33H,7-10,13-18,22H2,1-3H3,(H,46,55)(H,47,54,56)/t24-,27-,33?. The summed E-state index contributed by atoms with van der Waals surface area (Å²) in [5.74, 6) is -0.633. The van der Waals surface area contributed by atoms with E-state index in [-0.39, 0.29) is 29.8 Å².